The smallest absolute Gasteiger partial charge is 0.138 e. The number of rotatable bonds is 2. The van der Waals surface area contributed by atoms with Crippen molar-refractivity contribution in [2.24, 2.45) is 5.92 Å². The molecule has 3 fully saturated rings. The maximum Gasteiger partial charge on any atom is 0.138 e. The van der Waals surface area contributed by atoms with Crippen LogP contribution in [-0.2, 0) is 11.8 Å². The number of hydrogen-bond donors (Lipinski definition) is 3. The van der Waals surface area contributed by atoms with E-state index in [1.807, 2.05) is 0 Å². The average molecular weight is 326 g/mol. The van der Waals surface area contributed by atoms with Gasteiger partial charge in [0.25, 0.3) is 0 Å². The molecule has 4 aliphatic rings. The van der Waals surface area contributed by atoms with Crippen LogP contribution in [0.15, 0.2) is 12.1 Å². The van der Waals surface area contributed by atoms with E-state index >= 15 is 0 Å². The van der Waals surface area contributed by atoms with Crippen LogP contribution in [0.5, 0.6) is 5.75 Å². The largest absolute Gasteiger partial charge is 0.506 e. The monoisotopic (exact) mass is 326 g/mol. The van der Waals surface area contributed by atoms with Crippen LogP contribution in [0.3, 0.4) is 0 Å². The summed E-state index contributed by atoms with van der Waals surface area (Å²) in [6, 6.07) is 5.63. The molecule has 1 saturated heterocycles. The number of aromatic hydroxyl groups is 1. The molecule has 1 aromatic rings. The maximum absolute atomic E-state index is 10.7. The Morgan fingerprint density at radius 2 is 1.88 bits per heavy atom. The zero-order chi connectivity index (χ0) is 16.1. The molecule has 3 atom stereocenters. The van der Waals surface area contributed by atoms with Gasteiger partial charge in [0.1, 0.15) is 5.75 Å². The zero-order valence-electron chi connectivity index (χ0n) is 14.6. The number of phenols is 1. The Labute approximate surface area is 145 Å². The molecule has 2 bridgehead atoms. The molecule has 0 unspecified atom stereocenters. The molecule has 0 spiro atoms. The molecule has 0 aromatic heterocycles. The van der Waals surface area contributed by atoms with E-state index in [9.17, 15) is 5.11 Å². The van der Waals surface area contributed by atoms with Crippen LogP contribution in [-0.4, -0.2) is 23.7 Å². The molecule has 3 aliphatic carbocycles. The first-order chi connectivity index (χ1) is 11.8. The standard InChI is InChI=1S/C21H30N2O/c24-20-13-17-14(12-19(20)23-15-5-1-2-6-15)11-18-16-7-3-4-8-21(16,17)9-10-22-18/h12-13,15-16,18,22-24H,1-11H2/t16-,18+,21+/m0/s1. The number of fused-ring (bicyclic) bond motifs is 1. The molecule has 1 aromatic carbocycles. The summed E-state index contributed by atoms with van der Waals surface area (Å²) in [7, 11) is 0. The Morgan fingerprint density at radius 3 is 2.75 bits per heavy atom. The van der Waals surface area contributed by atoms with Gasteiger partial charge < -0.3 is 15.7 Å². The highest BCUT2D eigenvalue weighted by atomic mass is 16.3. The molecule has 3 heteroatoms. The number of benzene rings is 1. The van der Waals surface area contributed by atoms with Gasteiger partial charge in [-0.15, -0.1) is 0 Å². The van der Waals surface area contributed by atoms with Gasteiger partial charge in [-0.05, 0) is 74.2 Å². The molecule has 1 aliphatic heterocycles. The summed E-state index contributed by atoms with van der Waals surface area (Å²) in [6.07, 6.45) is 12.9. The van der Waals surface area contributed by atoms with Gasteiger partial charge in [-0.2, -0.15) is 0 Å². The van der Waals surface area contributed by atoms with Crippen LogP contribution in [0.2, 0.25) is 0 Å². The van der Waals surface area contributed by atoms with Crippen LogP contribution >= 0.6 is 0 Å². The lowest BCUT2D eigenvalue weighted by molar-refractivity contribution is 0.0796. The second-order valence-corrected chi connectivity index (χ2v) is 8.68. The van der Waals surface area contributed by atoms with Crippen LogP contribution in [0.4, 0.5) is 5.69 Å². The fraction of sp³-hybridized carbons (Fsp3) is 0.714. The van der Waals surface area contributed by atoms with Gasteiger partial charge in [0, 0.05) is 17.5 Å². The Morgan fingerprint density at radius 1 is 1.04 bits per heavy atom. The number of piperidine rings is 1. The van der Waals surface area contributed by atoms with Gasteiger partial charge in [-0.1, -0.05) is 25.7 Å². The second kappa shape index (κ2) is 5.66. The second-order valence-electron chi connectivity index (χ2n) is 8.68. The molecule has 1 heterocycles. The lowest BCUT2D eigenvalue weighted by Crippen LogP contribution is -2.59. The van der Waals surface area contributed by atoms with Crippen molar-refractivity contribution in [3.63, 3.8) is 0 Å². The minimum atomic E-state index is 0.338. The summed E-state index contributed by atoms with van der Waals surface area (Å²) in [5, 5.41) is 18.2. The summed E-state index contributed by atoms with van der Waals surface area (Å²) in [5.74, 6) is 1.26. The van der Waals surface area contributed by atoms with E-state index in [2.05, 4.69) is 22.8 Å². The number of anilines is 1. The van der Waals surface area contributed by atoms with Crippen molar-refractivity contribution < 1.29 is 5.11 Å². The van der Waals surface area contributed by atoms with Gasteiger partial charge in [0.2, 0.25) is 0 Å². The maximum atomic E-state index is 10.7. The van der Waals surface area contributed by atoms with E-state index in [0.717, 1.165) is 24.6 Å². The van der Waals surface area contributed by atoms with Crippen LogP contribution < -0.4 is 10.6 Å². The fourth-order valence-corrected chi connectivity index (χ4v) is 6.38. The van der Waals surface area contributed by atoms with Crippen LogP contribution in [0.1, 0.15) is 68.9 Å². The molecular weight excluding hydrogens is 296 g/mol. The molecule has 3 nitrogen and oxygen atoms in total. The Balaban J connectivity index is 1.54. The first-order valence-electron chi connectivity index (χ1n) is 10.1. The van der Waals surface area contributed by atoms with E-state index in [4.69, 9.17) is 0 Å². The van der Waals surface area contributed by atoms with E-state index in [-0.39, 0.29) is 0 Å². The summed E-state index contributed by atoms with van der Waals surface area (Å²) >= 11 is 0. The van der Waals surface area contributed by atoms with Crippen molar-refractivity contribution >= 4 is 5.69 Å². The topological polar surface area (TPSA) is 44.3 Å². The Bertz CT molecular complexity index is 633. The fourth-order valence-electron chi connectivity index (χ4n) is 6.38. The molecule has 5 rings (SSSR count). The number of hydrogen-bond acceptors (Lipinski definition) is 3. The SMILES string of the molecule is Oc1cc2c(cc1NC1CCCC1)C[C@H]1NCC[C@@]23CCCC[C@@H]13. The summed E-state index contributed by atoms with van der Waals surface area (Å²) in [5.41, 5.74) is 4.29. The molecular formula is C21H30N2O. The van der Waals surface area contributed by atoms with Crippen molar-refractivity contribution in [2.75, 3.05) is 11.9 Å². The van der Waals surface area contributed by atoms with Crippen LogP contribution in [0, 0.1) is 5.92 Å². The predicted octanol–water partition coefficient (Wildman–Crippen LogP) is 4.09. The Kier molecular flexibility index (Phi) is 3.55. The molecule has 3 N–H and O–H groups in total. The van der Waals surface area contributed by atoms with Crippen molar-refractivity contribution in [2.45, 2.75) is 81.7 Å². The van der Waals surface area contributed by atoms with Crippen molar-refractivity contribution in [1.82, 2.24) is 5.32 Å². The van der Waals surface area contributed by atoms with Crippen molar-refractivity contribution in [3.05, 3.63) is 23.3 Å². The van der Waals surface area contributed by atoms with Crippen molar-refractivity contribution in [3.8, 4) is 5.75 Å². The minimum absolute atomic E-state index is 0.338. The van der Waals surface area contributed by atoms with Gasteiger partial charge in [0.15, 0.2) is 0 Å². The quantitative estimate of drug-likeness (QED) is 0.717. The van der Waals surface area contributed by atoms with E-state index in [0.29, 0.717) is 23.2 Å². The summed E-state index contributed by atoms with van der Waals surface area (Å²) in [4.78, 5) is 0. The lowest BCUT2D eigenvalue weighted by Gasteiger charge is -2.56. The van der Waals surface area contributed by atoms with Gasteiger partial charge in [-0.3, -0.25) is 0 Å². The number of phenolic OH excluding ortho intramolecular Hbond substituents is 1. The normalized spacial score (nSPS) is 35.3. The third kappa shape index (κ3) is 2.20. The molecule has 2 saturated carbocycles. The minimum Gasteiger partial charge on any atom is -0.506 e. The predicted molar refractivity (Wildman–Crippen MR) is 97.7 cm³/mol. The third-order valence-corrected chi connectivity index (χ3v) is 7.47. The molecule has 0 radical (unpaired) electrons. The highest BCUT2D eigenvalue weighted by molar-refractivity contribution is 5.62. The van der Waals surface area contributed by atoms with Gasteiger partial charge >= 0.3 is 0 Å². The summed E-state index contributed by atoms with van der Waals surface area (Å²) < 4.78 is 0. The Hall–Kier alpha value is -1.22. The van der Waals surface area contributed by atoms with E-state index < -0.39 is 0 Å². The first-order valence-corrected chi connectivity index (χ1v) is 10.1. The highest BCUT2D eigenvalue weighted by Crippen LogP contribution is 2.55. The lowest BCUT2D eigenvalue weighted by atomic mass is 9.53. The highest BCUT2D eigenvalue weighted by Gasteiger charge is 2.51. The first kappa shape index (κ1) is 15.1. The molecule has 0 amide bonds. The summed E-state index contributed by atoms with van der Waals surface area (Å²) in [6.45, 7) is 1.14. The number of nitrogens with one attached hydrogen (secondary N) is 2. The third-order valence-electron chi connectivity index (χ3n) is 7.47. The molecule has 24 heavy (non-hydrogen) atoms. The van der Waals surface area contributed by atoms with E-state index in [1.54, 1.807) is 0 Å². The van der Waals surface area contributed by atoms with E-state index in [1.165, 1.54) is 68.9 Å². The van der Waals surface area contributed by atoms with Crippen molar-refractivity contribution in [1.29, 1.82) is 0 Å². The molecule has 130 valence electrons. The zero-order valence-corrected chi connectivity index (χ0v) is 14.6. The average Bonchev–Trinajstić information content (AvgIpc) is 3.10. The van der Waals surface area contributed by atoms with Gasteiger partial charge in [0.05, 0.1) is 5.69 Å². The van der Waals surface area contributed by atoms with Gasteiger partial charge in [-0.25, -0.2) is 0 Å². The van der Waals surface area contributed by atoms with Crippen LogP contribution in [0.25, 0.3) is 0 Å².